The molecule has 6 heteroatoms. The number of carbonyl (C=O) groups is 1. The van der Waals surface area contributed by atoms with Crippen LogP contribution in [0.5, 0.6) is 0 Å². The van der Waals surface area contributed by atoms with Crippen LogP contribution in [0.15, 0.2) is 35.0 Å². The van der Waals surface area contributed by atoms with Gasteiger partial charge in [0.1, 0.15) is 11.3 Å². The molecular formula is C17H18N4O2. The number of carbonyl (C=O) groups excluding carboxylic acids is 1. The van der Waals surface area contributed by atoms with E-state index in [1.54, 1.807) is 0 Å². The summed E-state index contributed by atoms with van der Waals surface area (Å²) in [6.07, 6.45) is 3.78. The minimum absolute atomic E-state index is 0.0391. The van der Waals surface area contributed by atoms with E-state index in [1.807, 2.05) is 53.6 Å². The molecule has 0 saturated carbocycles. The van der Waals surface area contributed by atoms with Gasteiger partial charge in [0.05, 0.1) is 17.4 Å². The van der Waals surface area contributed by atoms with Gasteiger partial charge >= 0.3 is 0 Å². The minimum atomic E-state index is -0.0482. The highest BCUT2D eigenvalue weighted by molar-refractivity contribution is 5.94. The molecule has 0 radical (unpaired) electrons. The third kappa shape index (κ3) is 2.21. The van der Waals surface area contributed by atoms with Gasteiger partial charge in [0, 0.05) is 18.8 Å². The fraction of sp³-hybridized carbons (Fsp3) is 0.353. The number of likely N-dealkylation sites (tertiary alicyclic amines) is 1. The van der Waals surface area contributed by atoms with Crippen molar-refractivity contribution in [1.29, 1.82) is 0 Å². The van der Waals surface area contributed by atoms with Crippen LogP contribution in [0.1, 0.15) is 46.5 Å². The lowest BCUT2D eigenvalue weighted by Gasteiger charge is -2.22. The number of imidazole rings is 1. The molecule has 0 N–H and O–H groups in total. The van der Waals surface area contributed by atoms with Crippen molar-refractivity contribution in [3.05, 3.63) is 53.3 Å². The van der Waals surface area contributed by atoms with Crippen molar-refractivity contribution < 1.29 is 9.32 Å². The van der Waals surface area contributed by atoms with Crippen molar-refractivity contribution in [3.63, 3.8) is 0 Å². The van der Waals surface area contributed by atoms with Gasteiger partial charge < -0.3 is 13.8 Å². The largest absolute Gasteiger partial charge is 0.359 e. The van der Waals surface area contributed by atoms with Gasteiger partial charge in [-0.05, 0) is 38.8 Å². The highest BCUT2D eigenvalue weighted by Gasteiger charge is 2.35. The second-order valence-corrected chi connectivity index (χ2v) is 6.00. The second-order valence-electron chi connectivity index (χ2n) is 6.00. The van der Waals surface area contributed by atoms with E-state index >= 15 is 0 Å². The number of nitrogens with zero attached hydrogens (tertiary/aromatic N) is 4. The average molecular weight is 310 g/mol. The Morgan fingerprint density at radius 3 is 2.96 bits per heavy atom. The Morgan fingerprint density at radius 1 is 1.35 bits per heavy atom. The van der Waals surface area contributed by atoms with E-state index in [9.17, 15) is 4.79 Å². The van der Waals surface area contributed by atoms with Crippen LogP contribution >= 0.6 is 0 Å². The Hall–Kier alpha value is -2.63. The first-order chi connectivity index (χ1) is 11.1. The summed E-state index contributed by atoms with van der Waals surface area (Å²) in [6.45, 7) is 4.54. The molecule has 1 aliphatic heterocycles. The maximum absolute atomic E-state index is 13.0. The monoisotopic (exact) mass is 310 g/mol. The smallest absolute Gasteiger partial charge is 0.274 e. The quantitative estimate of drug-likeness (QED) is 0.730. The Kier molecular flexibility index (Phi) is 3.18. The average Bonchev–Trinajstić information content (AvgIpc) is 3.26. The predicted molar refractivity (Wildman–Crippen MR) is 84.2 cm³/mol. The molecule has 118 valence electrons. The van der Waals surface area contributed by atoms with Crippen LogP contribution in [0.3, 0.4) is 0 Å². The van der Waals surface area contributed by atoms with E-state index in [0.29, 0.717) is 5.69 Å². The summed E-state index contributed by atoms with van der Waals surface area (Å²) in [4.78, 5) is 19.4. The lowest BCUT2D eigenvalue weighted by Crippen LogP contribution is -2.31. The molecular weight excluding hydrogens is 292 g/mol. The summed E-state index contributed by atoms with van der Waals surface area (Å²) in [5.41, 5.74) is 3.01. The fourth-order valence-electron chi connectivity index (χ4n) is 3.30. The lowest BCUT2D eigenvalue weighted by molar-refractivity contribution is 0.0708. The maximum Gasteiger partial charge on any atom is 0.274 e. The number of pyridine rings is 1. The Bertz CT molecular complexity index is 880. The Labute approximate surface area is 133 Å². The molecule has 1 fully saturated rings. The molecule has 0 aliphatic carbocycles. The number of aromatic nitrogens is 3. The topological polar surface area (TPSA) is 63.6 Å². The Morgan fingerprint density at radius 2 is 2.22 bits per heavy atom. The van der Waals surface area contributed by atoms with Crippen LogP contribution in [-0.2, 0) is 0 Å². The van der Waals surface area contributed by atoms with E-state index in [-0.39, 0.29) is 11.9 Å². The van der Waals surface area contributed by atoms with Gasteiger partial charge in [-0.25, -0.2) is 4.98 Å². The zero-order valence-corrected chi connectivity index (χ0v) is 13.2. The second kappa shape index (κ2) is 5.22. The highest BCUT2D eigenvalue weighted by atomic mass is 16.5. The number of hydrogen-bond donors (Lipinski definition) is 0. The van der Waals surface area contributed by atoms with Gasteiger partial charge in [-0.3, -0.25) is 4.79 Å². The number of amides is 1. The van der Waals surface area contributed by atoms with Gasteiger partial charge in [0.2, 0.25) is 0 Å². The molecule has 3 aromatic rings. The molecule has 3 aromatic heterocycles. The fourth-order valence-corrected chi connectivity index (χ4v) is 3.30. The molecule has 6 nitrogen and oxygen atoms in total. The molecule has 1 amide bonds. The van der Waals surface area contributed by atoms with Crippen LogP contribution in [0.2, 0.25) is 0 Å². The first kappa shape index (κ1) is 14.0. The SMILES string of the molecule is Cc1cc(C2CCCN2C(=O)c2nc3ccccn3c2C)on1. The number of rotatable bonds is 2. The van der Waals surface area contributed by atoms with Gasteiger partial charge in [-0.1, -0.05) is 11.2 Å². The maximum atomic E-state index is 13.0. The standard InChI is InChI=1S/C17H18N4O2/c1-11-10-14(23-19-11)13-6-5-9-21(13)17(22)16-12(2)20-8-4-3-7-15(20)18-16/h3-4,7-8,10,13H,5-6,9H2,1-2H3. The molecule has 0 bridgehead atoms. The van der Waals surface area contributed by atoms with Gasteiger partial charge in [-0.15, -0.1) is 0 Å². The Balaban J connectivity index is 1.71. The van der Waals surface area contributed by atoms with E-state index < -0.39 is 0 Å². The van der Waals surface area contributed by atoms with Gasteiger partial charge in [0.25, 0.3) is 5.91 Å². The van der Waals surface area contributed by atoms with E-state index in [2.05, 4.69) is 10.1 Å². The lowest BCUT2D eigenvalue weighted by atomic mass is 10.1. The summed E-state index contributed by atoms with van der Waals surface area (Å²) < 4.78 is 7.33. The van der Waals surface area contributed by atoms with Gasteiger partial charge in [0.15, 0.2) is 5.76 Å². The molecule has 0 spiro atoms. The number of aryl methyl sites for hydroxylation is 2. The summed E-state index contributed by atoms with van der Waals surface area (Å²) in [5.74, 6) is 0.720. The van der Waals surface area contributed by atoms with Crippen LogP contribution in [-0.4, -0.2) is 31.9 Å². The van der Waals surface area contributed by atoms with Crippen molar-refractivity contribution >= 4 is 11.6 Å². The molecule has 4 rings (SSSR count). The first-order valence-electron chi connectivity index (χ1n) is 7.83. The summed E-state index contributed by atoms with van der Waals surface area (Å²) >= 11 is 0. The van der Waals surface area contributed by atoms with E-state index in [4.69, 9.17) is 4.52 Å². The van der Waals surface area contributed by atoms with Crippen molar-refractivity contribution in [1.82, 2.24) is 19.4 Å². The van der Waals surface area contributed by atoms with Crippen LogP contribution in [0, 0.1) is 13.8 Å². The zero-order chi connectivity index (χ0) is 16.0. The molecule has 0 aromatic carbocycles. The summed E-state index contributed by atoms with van der Waals surface area (Å²) in [7, 11) is 0. The van der Waals surface area contributed by atoms with Crippen molar-refractivity contribution in [2.45, 2.75) is 32.7 Å². The molecule has 1 unspecified atom stereocenters. The van der Waals surface area contributed by atoms with Crippen molar-refractivity contribution in [2.75, 3.05) is 6.54 Å². The summed E-state index contributed by atoms with van der Waals surface area (Å²) in [6, 6.07) is 7.63. The number of hydrogen-bond acceptors (Lipinski definition) is 4. The van der Waals surface area contributed by atoms with Crippen LogP contribution in [0.4, 0.5) is 0 Å². The molecule has 23 heavy (non-hydrogen) atoms. The third-order valence-electron chi connectivity index (χ3n) is 4.46. The highest BCUT2D eigenvalue weighted by Crippen LogP contribution is 2.33. The predicted octanol–water partition coefficient (Wildman–Crippen LogP) is 2.92. The van der Waals surface area contributed by atoms with E-state index in [1.165, 1.54) is 0 Å². The summed E-state index contributed by atoms with van der Waals surface area (Å²) in [5, 5.41) is 3.95. The molecule has 1 aliphatic rings. The zero-order valence-electron chi connectivity index (χ0n) is 13.2. The van der Waals surface area contributed by atoms with Crippen LogP contribution in [0.25, 0.3) is 5.65 Å². The molecule has 1 atom stereocenters. The van der Waals surface area contributed by atoms with Crippen LogP contribution < -0.4 is 0 Å². The van der Waals surface area contributed by atoms with Gasteiger partial charge in [-0.2, -0.15) is 0 Å². The first-order valence-corrected chi connectivity index (χ1v) is 7.83. The van der Waals surface area contributed by atoms with E-state index in [0.717, 1.165) is 42.2 Å². The minimum Gasteiger partial charge on any atom is -0.359 e. The molecule has 1 saturated heterocycles. The number of fused-ring (bicyclic) bond motifs is 1. The normalized spacial score (nSPS) is 18.0. The van der Waals surface area contributed by atoms with Crippen molar-refractivity contribution in [3.8, 4) is 0 Å². The third-order valence-corrected chi connectivity index (χ3v) is 4.46. The van der Waals surface area contributed by atoms with Crippen molar-refractivity contribution in [2.24, 2.45) is 0 Å². The molecule has 4 heterocycles.